The van der Waals surface area contributed by atoms with Crippen LogP contribution in [0.3, 0.4) is 0 Å². The average Bonchev–Trinajstić information content (AvgIpc) is 3.54. The maximum absolute atomic E-state index is 10.00. The van der Waals surface area contributed by atoms with Gasteiger partial charge in [-0.15, -0.1) is 11.3 Å². The van der Waals surface area contributed by atoms with Crippen molar-refractivity contribution in [2.24, 2.45) is 7.05 Å². The highest BCUT2D eigenvalue weighted by atomic mass is 32.1. The summed E-state index contributed by atoms with van der Waals surface area (Å²) in [6.07, 6.45) is 6.93. The van der Waals surface area contributed by atoms with Crippen molar-refractivity contribution in [2.75, 3.05) is 30.9 Å². The van der Waals surface area contributed by atoms with Crippen LogP contribution in [0.5, 0.6) is 0 Å². The quantitative estimate of drug-likeness (QED) is 0.315. The summed E-state index contributed by atoms with van der Waals surface area (Å²) in [7, 11) is 3.61. The molecule has 168 valence electrons. The van der Waals surface area contributed by atoms with E-state index in [1.54, 1.807) is 11.7 Å². The van der Waals surface area contributed by atoms with Gasteiger partial charge in [0.25, 0.3) is 0 Å². The monoisotopic (exact) mass is 454 g/mol. The largest absolute Gasteiger partial charge is 0.381 e. The second kappa shape index (κ2) is 8.87. The minimum absolute atomic E-state index is 0.283. The molecule has 4 aromatic heterocycles. The van der Waals surface area contributed by atoms with Crippen molar-refractivity contribution in [3.8, 4) is 5.69 Å². The number of nitrogens with one attached hydrogen (secondary N) is 3. The normalized spacial score (nSPS) is 15.8. The van der Waals surface area contributed by atoms with Crippen molar-refractivity contribution in [1.29, 1.82) is 0 Å². The molecule has 0 radical (unpaired) electrons. The Balaban J connectivity index is 1.52. The van der Waals surface area contributed by atoms with E-state index in [-0.39, 0.29) is 6.04 Å². The van der Waals surface area contributed by atoms with Crippen LogP contribution >= 0.6 is 11.3 Å². The summed E-state index contributed by atoms with van der Waals surface area (Å²) in [5.74, 6) is 1.27. The fourth-order valence-electron chi connectivity index (χ4n) is 3.82. The number of thiophene rings is 1. The van der Waals surface area contributed by atoms with Gasteiger partial charge in [0.1, 0.15) is 11.7 Å². The van der Waals surface area contributed by atoms with Crippen LogP contribution in [0.1, 0.15) is 24.6 Å². The first-order chi connectivity index (χ1) is 15.6. The number of fused-ring (bicyclic) bond motifs is 1. The maximum atomic E-state index is 10.00. The first kappa shape index (κ1) is 20.9. The third kappa shape index (κ3) is 4.19. The number of hydrogen-bond acceptors (Lipinski definition) is 9. The predicted molar refractivity (Wildman–Crippen MR) is 125 cm³/mol. The molecule has 1 unspecified atom stereocenters. The Kier molecular flexibility index (Phi) is 5.79. The van der Waals surface area contributed by atoms with Gasteiger partial charge in [0, 0.05) is 49.6 Å². The number of rotatable bonds is 7. The molecule has 0 bridgehead atoms. The lowest BCUT2D eigenvalue weighted by molar-refractivity contribution is 0.0904. The van der Waals surface area contributed by atoms with E-state index in [0.717, 1.165) is 59.2 Å². The molecule has 0 spiro atoms. The van der Waals surface area contributed by atoms with E-state index >= 15 is 0 Å². The zero-order valence-corrected chi connectivity index (χ0v) is 18.8. The van der Waals surface area contributed by atoms with Gasteiger partial charge in [-0.1, -0.05) is 0 Å². The second-order valence-corrected chi connectivity index (χ2v) is 8.69. The van der Waals surface area contributed by atoms with Crippen molar-refractivity contribution in [3.05, 3.63) is 41.7 Å². The van der Waals surface area contributed by atoms with Gasteiger partial charge in [-0.3, -0.25) is 10.00 Å². The number of nitrogens with zero attached hydrogens (tertiary/aromatic N) is 5. The number of aromatic nitrogens is 5. The first-order valence-electron chi connectivity index (χ1n) is 10.5. The topological polar surface area (TPSA) is 114 Å². The molecule has 5 rings (SSSR count). The van der Waals surface area contributed by atoms with E-state index in [4.69, 9.17) is 14.7 Å². The van der Waals surface area contributed by atoms with E-state index < -0.39 is 6.23 Å². The Morgan fingerprint density at radius 3 is 2.88 bits per heavy atom. The molecule has 1 fully saturated rings. The van der Waals surface area contributed by atoms with Crippen LogP contribution in [0.25, 0.3) is 16.7 Å². The predicted octanol–water partition coefficient (Wildman–Crippen LogP) is 2.76. The molecular weight excluding hydrogens is 428 g/mol. The zero-order valence-electron chi connectivity index (χ0n) is 17.9. The molecule has 0 aliphatic carbocycles. The number of anilines is 3. The molecule has 4 N–H and O–H groups in total. The molecule has 1 atom stereocenters. The van der Waals surface area contributed by atoms with Gasteiger partial charge in [0.05, 0.1) is 22.4 Å². The summed E-state index contributed by atoms with van der Waals surface area (Å²) in [5, 5.41) is 26.8. The van der Waals surface area contributed by atoms with Gasteiger partial charge in [-0.05, 0) is 32.0 Å². The number of ether oxygens (including phenoxy) is 1. The van der Waals surface area contributed by atoms with Gasteiger partial charge in [-0.2, -0.15) is 10.1 Å². The summed E-state index contributed by atoms with van der Waals surface area (Å²) in [6.45, 7) is 1.48. The highest BCUT2D eigenvalue weighted by molar-refractivity contribution is 7.14. The Bertz CT molecular complexity index is 1210. The molecule has 11 heteroatoms. The summed E-state index contributed by atoms with van der Waals surface area (Å²) in [4.78, 5) is 9.58. The van der Waals surface area contributed by atoms with Crippen LogP contribution in [-0.4, -0.2) is 55.7 Å². The van der Waals surface area contributed by atoms with Crippen LogP contribution < -0.4 is 16.0 Å². The second-order valence-electron chi connectivity index (χ2n) is 7.78. The van der Waals surface area contributed by atoms with Crippen LogP contribution in [-0.2, 0) is 11.8 Å². The number of aliphatic hydroxyl groups excluding tert-OH is 1. The molecule has 1 aliphatic rings. The van der Waals surface area contributed by atoms with E-state index in [0.29, 0.717) is 5.95 Å². The van der Waals surface area contributed by atoms with E-state index in [1.165, 1.54) is 11.3 Å². The molecule has 32 heavy (non-hydrogen) atoms. The third-order valence-electron chi connectivity index (χ3n) is 5.51. The summed E-state index contributed by atoms with van der Waals surface area (Å²) in [6, 6.07) is 4.16. The molecule has 1 saturated heterocycles. The minimum atomic E-state index is -0.704. The number of aryl methyl sites for hydroxylation is 1. The van der Waals surface area contributed by atoms with Crippen molar-refractivity contribution in [2.45, 2.75) is 25.1 Å². The Morgan fingerprint density at radius 2 is 2.12 bits per heavy atom. The number of aliphatic hydroxyl groups is 1. The lowest BCUT2D eigenvalue weighted by Crippen LogP contribution is -2.28. The van der Waals surface area contributed by atoms with Crippen LogP contribution in [0.15, 0.2) is 36.1 Å². The highest BCUT2D eigenvalue weighted by Crippen LogP contribution is 2.31. The SMILES string of the molecule is CNC(O)c1csc(Nc2nc(NC3CCOCC3)c3c(ccn3-c3cnn(C)c3)n2)c1. The van der Waals surface area contributed by atoms with Gasteiger partial charge >= 0.3 is 0 Å². The van der Waals surface area contributed by atoms with Gasteiger partial charge in [0.2, 0.25) is 5.95 Å². The molecule has 0 amide bonds. The standard InChI is InChI=1S/C21H26N8O2S/c1-22-20(30)13-9-17(32-12-13)26-21-25-16-3-6-29(15-10-23-28(2)11-15)18(16)19(27-21)24-14-4-7-31-8-5-14/h3,6,9-12,14,20,22,30H,4-5,7-8H2,1-2H3,(H2,24,25,26,27). The van der Waals surface area contributed by atoms with Crippen LogP contribution in [0.4, 0.5) is 16.8 Å². The molecule has 0 aromatic carbocycles. The van der Waals surface area contributed by atoms with Crippen molar-refractivity contribution >= 4 is 39.1 Å². The fraction of sp³-hybridized carbons (Fsp3) is 0.381. The smallest absolute Gasteiger partial charge is 0.230 e. The van der Waals surface area contributed by atoms with Gasteiger partial charge < -0.3 is 25.0 Å². The molecular formula is C21H26N8O2S. The van der Waals surface area contributed by atoms with Crippen LogP contribution in [0.2, 0.25) is 0 Å². The lowest BCUT2D eigenvalue weighted by Gasteiger charge is -2.24. The zero-order chi connectivity index (χ0) is 22.1. The summed E-state index contributed by atoms with van der Waals surface area (Å²) >= 11 is 1.50. The Hall–Kier alpha value is -2.99. The molecule has 10 nitrogen and oxygen atoms in total. The molecule has 5 heterocycles. The molecule has 1 aliphatic heterocycles. The number of hydrogen-bond donors (Lipinski definition) is 4. The van der Waals surface area contributed by atoms with Gasteiger partial charge in [0.15, 0.2) is 5.82 Å². The van der Waals surface area contributed by atoms with E-state index in [1.807, 2.05) is 43.2 Å². The Morgan fingerprint density at radius 1 is 1.28 bits per heavy atom. The van der Waals surface area contributed by atoms with Crippen LogP contribution in [0, 0.1) is 0 Å². The van der Waals surface area contributed by atoms with Crippen molar-refractivity contribution in [1.82, 2.24) is 29.6 Å². The fourth-order valence-corrected chi connectivity index (χ4v) is 4.64. The maximum Gasteiger partial charge on any atom is 0.230 e. The Labute approximate surface area is 189 Å². The summed E-state index contributed by atoms with van der Waals surface area (Å²) < 4.78 is 9.34. The summed E-state index contributed by atoms with van der Waals surface area (Å²) in [5.41, 5.74) is 3.48. The third-order valence-corrected chi connectivity index (χ3v) is 6.37. The van der Waals surface area contributed by atoms with Crippen molar-refractivity contribution < 1.29 is 9.84 Å². The van der Waals surface area contributed by atoms with Crippen molar-refractivity contribution in [3.63, 3.8) is 0 Å². The van der Waals surface area contributed by atoms with Gasteiger partial charge in [-0.25, -0.2) is 4.98 Å². The highest BCUT2D eigenvalue weighted by Gasteiger charge is 2.20. The molecule has 0 saturated carbocycles. The first-order valence-corrected chi connectivity index (χ1v) is 11.4. The average molecular weight is 455 g/mol. The van der Waals surface area contributed by atoms with E-state index in [2.05, 4.69) is 25.6 Å². The van der Waals surface area contributed by atoms with E-state index in [9.17, 15) is 5.11 Å². The molecule has 4 aromatic rings. The lowest BCUT2D eigenvalue weighted by atomic mass is 10.1. The minimum Gasteiger partial charge on any atom is -0.381 e.